The Balaban J connectivity index is 2.22. The van der Waals surface area contributed by atoms with Gasteiger partial charge in [-0.1, -0.05) is 32.0 Å². The van der Waals surface area contributed by atoms with Gasteiger partial charge in [0.15, 0.2) is 0 Å². The first kappa shape index (κ1) is 15.5. The molecule has 1 aliphatic rings. The van der Waals surface area contributed by atoms with Gasteiger partial charge < -0.3 is 5.32 Å². The largest absolute Gasteiger partial charge is 0.308 e. The zero-order valence-electron chi connectivity index (χ0n) is 13.2. The maximum Gasteiger partial charge on any atom is 0.127 e. The zero-order chi connectivity index (χ0) is 14.8. The number of benzene rings is 1. The Hall–Kier alpha value is -0.930. The summed E-state index contributed by atoms with van der Waals surface area (Å²) in [5.41, 5.74) is 1.02. The molecule has 2 rings (SSSR count). The third kappa shape index (κ3) is 3.04. The molecule has 1 aromatic rings. The second kappa shape index (κ2) is 5.82. The van der Waals surface area contributed by atoms with Crippen LogP contribution in [0.2, 0.25) is 0 Å². The zero-order valence-corrected chi connectivity index (χ0v) is 13.2. The lowest BCUT2D eigenvalue weighted by Crippen LogP contribution is -2.67. The average Bonchev–Trinajstić information content (AvgIpc) is 2.46. The van der Waals surface area contributed by atoms with Crippen molar-refractivity contribution in [2.75, 3.05) is 13.1 Å². The third-order valence-electron chi connectivity index (χ3n) is 5.06. The molecule has 0 radical (unpaired) electrons. The Morgan fingerprint density at radius 3 is 2.50 bits per heavy atom. The molecule has 1 N–H and O–H groups in total. The summed E-state index contributed by atoms with van der Waals surface area (Å²) in [4.78, 5) is 2.45. The van der Waals surface area contributed by atoms with Crippen molar-refractivity contribution in [2.45, 2.75) is 58.2 Å². The van der Waals surface area contributed by atoms with Crippen LogP contribution < -0.4 is 5.32 Å². The van der Waals surface area contributed by atoms with Gasteiger partial charge in [0, 0.05) is 36.3 Å². The van der Waals surface area contributed by atoms with Crippen LogP contribution >= 0.6 is 0 Å². The Labute approximate surface area is 122 Å². The van der Waals surface area contributed by atoms with E-state index in [0.717, 1.165) is 31.5 Å². The molecule has 2 atom stereocenters. The first-order valence-corrected chi connectivity index (χ1v) is 7.66. The highest BCUT2D eigenvalue weighted by Crippen LogP contribution is 2.30. The van der Waals surface area contributed by atoms with Crippen molar-refractivity contribution in [2.24, 2.45) is 0 Å². The summed E-state index contributed by atoms with van der Waals surface area (Å²) >= 11 is 0. The van der Waals surface area contributed by atoms with Gasteiger partial charge in [-0.3, -0.25) is 4.90 Å². The summed E-state index contributed by atoms with van der Waals surface area (Å²) in [7, 11) is 0. The molecule has 3 heteroatoms. The van der Waals surface area contributed by atoms with E-state index in [-0.39, 0.29) is 16.9 Å². The monoisotopic (exact) mass is 278 g/mol. The summed E-state index contributed by atoms with van der Waals surface area (Å²) in [6, 6.07) is 7.13. The molecular weight excluding hydrogens is 251 g/mol. The number of halogens is 1. The molecule has 0 aromatic heterocycles. The highest BCUT2D eigenvalue weighted by molar-refractivity contribution is 5.18. The molecule has 1 saturated heterocycles. The van der Waals surface area contributed by atoms with Gasteiger partial charge in [0.25, 0.3) is 0 Å². The Bertz CT molecular complexity index is 462. The van der Waals surface area contributed by atoms with Gasteiger partial charge >= 0.3 is 0 Å². The van der Waals surface area contributed by atoms with E-state index in [9.17, 15) is 4.39 Å². The van der Waals surface area contributed by atoms with E-state index < -0.39 is 0 Å². The van der Waals surface area contributed by atoms with Crippen molar-refractivity contribution < 1.29 is 4.39 Å². The molecule has 0 amide bonds. The molecule has 1 aromatic carbocycles. The van der Waals surface area contributed by atoms with E-state index in [2.05, 4.69) is 37.9 Å². The highest BCUT2D eigenvalue weighted by atomic mass is 19.1. The first-order valence-electron chi connectivity index (χ1n) is 7.66. The summed E-state index contributed by atoms with van der Waals surface area (Å²) in [6.45, 7) is 11.6. The van der Waals surface area contributed by atoms with Gasteiger partial charge in [0.2, 0.25) is 0 Å². The fourth-order valence-electron chi connectivity index (χ4n) is 2.85. The predicted molar refractivity (Wildman–Crippen MR) is 82.2 cm³/mol. The lowest BCUT2D eigenvalue weighted by molar-refractivity contribution is 0.00972. The average molecular weight is 278 g/mol. The van der Waals surface area contributed by atoms with Crippen molar-refractivity contribution in [3.8, 4) is 0 Å². The molecule has 20 heavy (non-hydrogen) atoms. The lowest BCUT2D eigenvalue weighted by atomic mass is 9.85. The number of hydrogen-bond donors (Lipinski definition) is 1. The number of hydrogen-bond acceptors (Lipinski definition) is 2. The second-order valence-electron chi connectivity index (χ2n) is 6.57. The van der Waals surface area contributed by atoms with E-state index in [0.29, 0.717) is 6.54 Å². The van der Waals surface area contributed by atoms with Crippen molar-refractivity contribution >= 4 is 0 Å². The van der Waals surface area contributed by atoms with Crippen LogP contribution in [0, 0.1) is 5.82 Å². The quantitative estimate of drug-likeness (QED) is 0.906. The topological polar surface area (TPSA) is 15.3 Å². The van der Waals surface area contributed by atoms with E-state index >= 15 is 0 Å². The van der Waals surface area contributed by atoms with Crippen LogP contribution in [0.5, 0.6) is 0 Å². The summed E-state index contributed by atoms with van der Waals surface area (Å²) < 4.78 is 13.9. The Morgan fingerprint density at radius 1 is 1.20 bits per heavy atom. The molecule has 0 spiro atoms. The SMILES string of the molecule is CCC1(C)CN(Cc2ccccc2F)C(C)(CC)CN1. The minimum atomic E-state index is -0.0947. The molecule has 1 heterocycles. The predicted octanol–water partition coefficient (Wildman–Crippen LogP) is 3.57. The smallest absolute Gasteiger partial charge is 0.127 e. The van der Waals surface area contributed by atoms with Gasteiger partial charge in [-0.05, 0) is 32.8 Å². The van der Waals surface area contributed by atoms with Crippen molar-refractivity contribution in [3.63, 3.8) is 0 Å². The van der Waals surface area contributed by atoms with Crippen molar-refractivity contribution in [3.05, 3.63) is 35.6 Å². The normalized spacial score (nSPS) is 31.4. The van der Waals surface area contributed by atoms with E-state index in [4.69, 9.17) is 0 Å². The molecular formula is C17H27FN2. The fourth-order valence-corrected chi connectivity index (χ4v) is 2.85. The van der Waals surface area contributed by atoms with Gasteiger partial charge in [-0.15, -0.1) is 0 Å². The lowest BCUT2D eigenvalue weighted by Gasteiger charge is -2.52. The minimum Gasteiger partial charge on any atom is -0.308 e. The molecule has 1 aliphatic heterocycles. The Morgan fingerprint density at radius 2 is 1.90 bits per heavy atom. The molecule has 2 unspecified atom stereocenters. The maximum atomic E-state index is 13.9. The standard InChI is InChI=1S/C17H27FN2/c1-5-16(3)13-20(17(4,6-2)12-19-16)11-14-9-7-8-10-15(14)18/h7-10,19H,5-6,11-13H2,1-4H3. The molecule has 0 saturated carbocycles. The molecule has 0 bridgehead atoms. The minimum absolute atomic E-state index is 0.0942. The third-order valence-corrected chi connectivity index (χ3v) is 5.06. The van der Waals surface area contributed by atoms with E-state index in [1.54, 1.807) is 12.1 Å². The van der Waals surface area contributed by atoms with Crippen LogP contribution in [0.1, 0.15) is 46.1 Å². The number of rotatable bonds is 4. The number of piperazine rings is 1. The summed E-state index contributed by atoms with van der Waals surface area (Å²) in [6.07, 6.45) is 2.15. The van der Waals surface area contributed by atoms with Crippen LogP contribution in [0.4, 0.5) is 4.39 Å². The van der Waals surface area contributed by atoms with E-state index in [1.807, 2.05) is 12.1 Å². The highest BCUT2D eigenvalue weighted by Gasteiger charge is 2.40. The van der Waals surface area contributed by atoms with Gasteiger partial charge in [0.1, 0.15) is 5.82 Å². The van der Waals surface area contributed by atoms with Gasteiger partial charge in [-0.25, -0.2) is 4.39 Å². The summed E-state index contributed by atoms with van der Waals surface area (Å²) in [5.74, 6) is -0.0947. The van der Waals surface area contributed by atoms with Crippen molar-refractivity contribution in [1.29, 1.82) is 0 Å². The van der Waals surface area contributed by atoms with Gasteiger partial charge in [-0.2, -0.15) is 0 Å². The van der Waals surface area contributed by atoms with Crippen molar-refractivity contribution in [1.82, 2.24) is 10.2 Å². The maximum absolute atomic E-state index is 13.9. The van der Waals surface area contributed by atoms with Crippen LogP contribution in [0.15, 0.2) is 24.3 Å². The number of nitrogens with one attached hydrogen (secondary N) is 1. The summed E-state index contributed by atoms with van der Waals surface area (Å²) in [5, 5.41) is 3.68. The van der Waals surface area contributed by atoms with Gasteiger partial charge in [0.05, 0.1) is 0 Å². The fraction of sp³-hybridized carbons (Fsp3) is 0.647. The van der Waals surface area contributed by atoms with Crippen LogP contribution in [0.3, 0.4) is 0 Å². The Kier molecular flexibility index (Phi) is 4.50. The molecule has 112 valence electrons. The first-order chi connectivity index (χ1) is 9.42. The van der Waals surface area contributed by atoms with Crippen LogP contribution in [0.25, 0.3) is 0 Å². The van der Waals surface area contributed by atoms with Crippen LogP contribution in [-0.2, 0) is 6.54 Å². The van der Waals surface area contributed by atoms with E-state index in [1.165, 1.54) is 0 Å². The van der Waals surface area contributed by atoms with Crippen LogP contribution in [-0.4, -0.2) is 29.1 Å². The molecule has 1 fully saturated rings. The molecule has 2 nitrogen and oxygen atoms in total. The number of nitrogens with zero attached hydrogens (tertiary/aromatic N) is 1. The molecule has 0 aliphatic carbocycles. The second-order valence-corrected chi connectivity index (χ2v) is 6.57.